The van der Waals surface area contributed by atoms with Crippen molar-refractivity contribution < 1.29 is 14.3 Å². The van der Waals surface area contributed by atoms with Crippen LogP contribution in [-0.2, 0) is 9.53 Å². The number of ether oxygens (including phenoxy) is 2. The molecule has 1 aromatic rings. The predicted octanol–water partition coefficient (Wildman–Crippen LogP) is 3.61. The molecule has 2 fully saturated rings. The van der Waals surface area contributed by atoms with Gasteiger partial charge in [0.1, 0.15) is 18.5 Å². The summed E-state index contributed by atoms with van der Waals surface area (Å²) in [4.78, 5) is 14.5. The lowest BCUT2D eigenvalue weighted by atomic mass is 10.0. The summed E-state index contributed by atoms with van der Waals surface area (Å²) in [7, 11) is 0. The van der Waals surface area contributed by atoms with Crippen LogP contribution in [0.5, 0.6) is 5.75 Å². The Kier molecular flexibility index (Phi) is 5.77. The molecule has 4 nitrogen and oxygen atoms in total. The summed E-state index contributed by atoms with van der Waals surface area (Å²) in [5.74, 6) is 1.95. The molecule has 4 heteroatoms. The van der Waals surface area contributed by atoms with Crippen LogP contribution in [0.4, 0.5) is 0 Å². The largest absolute Gasteiger partial charge is 0.491 e. The lowest BCUT2D eigenvalue weighted by Crippen LogP contribution is -2.49. The SMILES string of the molecule is CC(C)c1ccc(OCC2CN(C(=O)C3CCCC3)CCO2)cc1. The Hall–Kier alpha value is -1.55. The molecule has 1 unspecified atom stereocenters. The highest BCUT2D eigenvalue weighted by Crippen LogP contribution is 2.27. The van der Waals surface area contributed by atoms with E-state index in [0.29, 0.717) is 31.6 Å². The molecule has 0 N–H and O–H groups in total. The molecule has 1 saturated heterocycles. The van der Waals surface area contributed by atoms with E-state index in [0.717, 1.165) is 25.1 Å². The molecule has 0 radical (unpaired) electrons. The van der Waals surface area contributed by atoms with Crippen LogP contribution >= 0.6 is 0 Å². The van der Waals surface area contributed by atoms with Crippen LogP contribution in [0.2, 0.25) is 0 Å². The zero-order valence-corrected chi connectivity index (χ0v) is 14.9. The van der Waals surface area contributed by atoms with Gasteiger partial charge in [-0.1, -0.05) is 38.8 Å². The molecule has 1 aliphatic carbocycles. The number of morpholine rings is 1. The van der Waals surface area contributed by atoms with Crippen molar-refractivity contribution in [2.45, 2.75) is 51.6 Å². The van der Waals surface area contributed by atoms with Crippen LogP contribution in [0.1, 0.15) is 51.0 Å². The average Bonchev–Trinajstić information content (AvgIpc) is 3.14. The van der Waals surface area contributed by atoms with Gasteiger partial charge in [0.05, 0.1) is 13.2 Å². The zero-order valence-electron chi connectivity index (χ0n) is 14.9. The number of carbonyl (C=O) groups excluding carboxylic acids is 1. The van der Waals surface area contributed by atoms with E-state index in [9.17, 15) is 4.79 Å². The third-order valence-corrected chi connectivity index (χ3v) is 5.14. The van der Waals surface area contributed by atoms with Gasteiger partial charge in [-0.05, 0) is 36.5 Å². The molecule has 1 heterocycles. The Morgan fingerprint density at radius 3 is 2.62 bits per heavy atom. The highest BCUT2D eigenvalue weighted by Gasteiger charge is 2.31. The van der Waals surface area contributed by atoms with Crippen molar-refractivity contribution >= 4 is 5.91 Å². The first-order valence-electron chi connectivity index (χ1n) is 9.26. The van der Waals surface area contributed by atoms with Gasteiger partial charge in [0, 0.05) is 12.5 Å². The number of nitrogens with zero attached hydrogens (tertiary/aromatic N) is 1. The second kappa shape index (κ2) is 8.02. The van der Waals surface area contributed by atoms with E-state index in [1.807, 2.05) is 17.0 Å². The molecule has 24 heavy (non-hydrogen) atoms. The molecule has 2 aliphatic rings. The molecule has 0 aromatic heterocycles. The zero-order chi connectivity index (χ0) is 16.9. The summed E-state index contributed by atoms with van der Waals surface area (Å²) >= 11 is 0. The Labute approximate surface area is 145 Å². The van der Waals surface area contributed by atoms with Gasteiger partial charge < -0.3 is 14.4 Å². The first kappa shape index (κ1) is 17.3. The summed E-state index contributed by atoms with van der Waals surface area (Å²) in [5.41, 5.74) is 1.31. The van der Waals surface area contributed by atoms with Gasteiger partial charge >= 0.3 is 0 Å². The second-order valence-electron chi connectivity index (χ2n) is 7.29. The molecule has 132 valence electrons. The maximum Gasteiger partial charge on any atom is 0.225 e. The molecule has 1 saturated carbocycles. The van der Waals surface area contributed by atoms with E-state index < -0.39 is 0 Å². The Bertz CT molecular complexity index is 534. The maximum absolute atomic E-state index is 12.6. The third kappa shape index (κ3) is 4.29. The molecule has 3 rings (SSSR count). The van der Waals surface area contributed by atoms with Crippen molar-refractivity contribution in [3.63, 3.8) is 0 Å². The fraction of sp³-hybridized carbons (Fsp3) is 0.650. The minimum Gasteiger partial charge on any atom is -0.491 e. The Balaban J connectivity index is 1.49. The molecular formula is C20H29NO3. The summed E-state index contributed by atoms with van der Waals surface area (Å²) in [6.07, 6.45) is 4.46. The van der Waals surface area contributed by atoms with Crippen LogP contribution in [-0.4, -0.2) is 43.2 Å². The topological polar surface area (TPSA) is 38.8 Å². The van der Waals surface area contributed by atoms with Crippen LogP contribution in [0.25, 0.3) is 0 Å². The van der Waals surface area contributed by atoms with Crippen molar-refractivity contribution in [2.24, 2.45) is 5.92 Å². The number of hydrogen-bond donors (Lipinski definition) is 0. The summed E-state index contributed by atoms with van der Waals surface area (Å²) in [5, 5.41) is 0. The fourth-order valence-corrected chi connectivity index (χ4v) is 3.59. The predicted molar refractivity (Wildman–Crippen MR) is 94.3 cm³/mol. The van der Waals surface area contributed by atoms with E-state index in [4.69, 9.17) is 9.47 Å². The van der Waals surface area contributed by atoms with Crippen LogP contribution in [0, 0.1) is 5.92 Å². The summed E-state index contributed by atoms with van der Waals surface area (Å²) in [6.45, 7) is 6.84. The van der Waals surface area contributed by atoms with Gasteiger partial charge in [0.25, 0.3) is 0 Å². The number of benzene rings is 1. The van der Waals surface area contributed by atoms with E-state index in [-0.39, 0.29) is 12.0 Å². The second-order valence-corrected chi connectivity index (χ2v) is 7.29. The maximum atomic E-state index is 12.6. The van der Waals surface area contributed by atoms with Crippen molar-refractivity contribution in [2.75, 3.05) is 26.3 Å². The molecular weight excluding hydrogens is 302 g/mol. The Morgan fingerprint density at radius 1 is 1.25 bits per heavy atom. The monoisotopic (exact) mass is 331 g/mol. The first-order chi connectivity index (χ1) is 11.6. The van der Waals surface area contributed by atoms with Crippen molar-refractivity contribution in [1.82, 2.24) is 4.90 Å². The van der Waals surface area contributed by atoms with Crippen LogP contribution in [0.3, 0.4) is 0 Å². The van der Waals surface area contributed by atoms with Crippen LogP contribution in [0.15, 0.2) is 24.3 Å². The minimum absolute atomic E-state index is 0.0334. The molecule has 1 aromatic carbocycles. The van der Waals surface area contributed by atoms with Gasteiger partial charge in [-0.3, -0.25) is 4.79 Å². The van der Waals surface area contributed by atoms with E-state index in [1.54, 1.807) is 0 Å². The number of carbonyl (C=O) groups is 1. The number of rotatable bonds is 5. The van der Waals surface area contributed by atoms with Gasteiger partial charge in [0.15, 0.2) is 0 Å². The summed E-state index contributed by atoms with van der Waals surface area (Å²) in [6, 6.07) is 8.24. The molecule has 0 spiro atoms. The smallest absolute Gasteiger partial charge is 0.225 e. The molecule has 1 amide bonds. The van der Waals surface area contributed by atoms with Gasteiger partial charge in [-0.2, -0.15) is 0 Å². The Morgan fingerprint density at radius 2 is 1.96 bits per heavy atom. The highest BCUT2D eigenvalue weighted by molar-refractivity contribution is 5.79. The van der Waals surface area contributed by atoms with E-state index >= 15 is 0 Å². The summed E-state index contributed by atoms with van der Waals surface area (Å²) < 4.78 is 11.7. The van der Waals surface area contributed by atoms with Gasteiger partial charge in [-0.25, -0.2) is 0 Å². The number of amides is 1. The van der Waals surface area contributed by atoms with E-state index in [2.05, 4.69) is 26.0 Å². The number of hydrogen-bond acceptors (Lipinski definition) is 3. The average molecular weight is 331 g/mol. The van der Waals surface area contributed by atoms with E-state index in [1.165, 1.54) is 18.4 Å². The highest BCUT2D eigenvalue weighted by atomic mass is 16.5. The lowest BCUT2D eigenvalue weighted by molar-refractivity contribution is -0.144. The van der Waals surface area contributed by atoms with Crippen molar-refractivity contribution in [1.29, 1.82) is 0 Å². The van der Waals surface area contributed by atoms with Gasteiger partial charge in [0.2, 0.25) is 5.91 Å². The molecule has 0 bridgehead atoms. The van der Waals surface area contributed by atoms with Gasteiger partial charge in [-0.15, -0.1) is 0 Å². The fourth-order valence-electron chi connectivity index (χ4n) is 3.59. The third-order valence-electron chi connectivity index (χ3n) is 5.14. The molecule has 1 atom stereocenters. The quantitative estimate of drug-likeness (QED) is 0.827. The van der Waals surface area contributed by atoms with Crippen molar-refractivity contribution in [3.05, 3.63) is 29.8 Å². The minimum atomic E-state index is -0.0334. The van der Waals surface area contributed by atoms with Crippen LogP contribution < -0.4 is 4.74 Å². The van der Waals surface area contributed by atoms with Crippen molar-refractivity contribution in [3.8, 4) is 5.75 Å². The first-order valence-corrected chi connectivity index (χ1v) is 9.26. The normalized spacial score (nSPS) is 22.1. The standard InChI is InChI=1S/C20H29NO3/c1-15(2)16-7-9-18(10-8-16)24-14-19-13-21(11-12-23-19)20(22)17-5-3-4-6-17/h7-10,15,17,19H,3-6,11-14H2,1-2H3. The lowest BCUT2D eigenvalue weighted by Gasteiger charge is -2.34. The molecule has 1 aliphatic heterocycles.